The van der Waals surface area contributed by atoms with Crippen LogP contribution in [0.3, 0.4) is 0 Å². The van der Waals surface area contributed by atoms with Gasteiger partial charge in [0.1, 0.15) is 12.1 Å². The van der Waals surface area contributed by atoms with Crippen LogP contribution >= 0.6 is 11.8 Å². The molecule has 4 aromatic rings. The molecule has 2 aliphatic rings. The van der Waals surface area contributed by atoms with Crippen LogP contribution in [-0.2, 0) is 12.0 Å². The maximum atomic E-state index is 13.0. The Morgan fingerprint density at radius 3 is 2.50 bits per heavy atom. The Hall–Kier alpha value is -4.32. The molecule has 3 aromatic carbocycles. The van der Waals surface area contributed by atoms with Gasteiger partial charge in [-0.15, -0.1) is 18.3 Å². The van der Waals surface area contributed by atoms with E-state index < -0.39 is 11.9 Å². The molecular weight excluding hydrogens is 565 g/mol. The molecule has 8 nitrogen and oxygen atoms in total. The van der Waals surface area contributed by atoms with E-state index in [2.05, 4.69) is 49.1 Å². The molecule has 1 aromatic heterocycles. The van der Waals surface area contributed by atoms with Crippen molar-refractivity contribution in [1.82, 2.24) is 20.1 Å². The standard InChI is InChI=1S/C30H27F3N6O2S/c1-2-20-5-3-4-6-25(20)38-17-18-42-28(38)35-27(40)36-29(15-16-29)22-9-7-21(8-10-22)26-34-19-39(37-26)23-11-13-24(14-12-23)41-30(31,32)33/h3-14,19H,2,15-18H2,1H3,(H,36,40). The number of urea groups is 1. The number of hydrogen-bond donors (Lipinski definition) is 1. The third kappa shape index (κ3) is 5.98. The number of thioether (sulfide) groups is 1. The molecule has 1 N–H and O–H groups in total. The largest absolute Gasteiger partial charge is 0.573 e. The van der Waals surface area contributed by atoms with Crippen LogP contribution in [0.4, 0.5) is 23.7 Å². The van der Waals surface area contributed by atoms with Gasteiger partial charge < -0.3 is 15.0 Å². The minimum absolute atomic E-state index is 0.309. The fourth-order valence-corrected chi connectivity index (χ4v) is 5.93. The first-order chi connectivity index (χ1) is 20.2. The Bertz CT molecular complexity index is 1620. The van der Waals surface area contributed by atoms with Crippen molar-refractivity contribution >= 4 is 28.6 Å². The van der Waals surface area contributed by atoms with E-state index in [4.69, 9.17) is 0 Å². The molecule has 0 radical (unpaired) electrons. The molecule has 0 atom stereocenters. The lowest BCUT2D eigenvalue weighted by molar-refractivity contribution is -0.274. The third-order valence-electron chi connectivity index (χ3n) is 7.26. The highest BCUT2D eigenvalue weighted by atomic mass is 32.2. The number of aryl methyl sites for hydroxylation is 1. The van der Waals surface area contributed by atoms with E-state index in [9.17, 15) is 18.0 Å². The zero-order valence-electron chi connectivity index (χ0n) is 22.6. The van der Waals surface area contributed by atoms with Gasteiger partial charge in [-0.3, -0.25) is 0 Å². The van der Waals surface area contributed by atoms with Crippen molar-refractivity contribution in [2.75, 3.05) is 17.2 Å². The summed E-state index contributed by atoms with van der Waals surface area (Å²) in [6, 6.07) is 20.9. The summed E-state index contributed by atoms with van der Waals surface area (Å²) in [4.78, 5) is 24.0. The number of amidine groups is 1. The Balaban J connectivity index is 1.13. The van der Waals surface area contributed by atoms with Crippen molar-refractivity contribution in [1.29, 1.82) is 0 Å². The molecule has 0 spiro atoms. The van der Waals surface area contributed by atoms with Gasteiger partial charge in [0.05, 0.1) is 11.2 Å². The van der Waals surface area contributed by atoms with Crippen LogP contribution in [-0.4, -0.2) is 44.6 Å². The van der Waals surface area contributed by atoms with E-state index in [1.165, 1.54) is 40.8 Å². The molecule has 1 aliphatic carbocycles. The van der Waals surface area contributed by atoms with Gasteiger partial charge in [-0.2, -0.15) is 4.99 Å². The lowest BCUT2D eigenvalue weighted by Gasteiger charge is -2.21. The van der Waals surface area contributed by atoms with Gasteiger partial charge in [-0.25, -0.2) is 14.5 Å². The van der Waals surface area contributed by atoms with Crippen LogP contribution in [0.5, 0.6) is 5.75 Å². The topological polar surface area (TPSA) is 84.6 Å². The van der Waals surface area contributed by atoms with Crippen LogP contribution in [0.15, 0.2) is 84.1 Å². The van der Waals surface area contributed by atoms with Crippen molar-refractivity contribution in [3.05, 3.63) is 90.3 Å². The molecule has 2 heterocycles. The van der Waals surface area contributed by atoms with Gasteiger partial charge in [0, 0.05) is 23.5 Å². The van der Waals surface area contributed by atoms with Crippen LogP contribution in [0, 0.1) is 0 Å². The first kappa shape index (κ1) is 27.8. The Morgan fingerprint density at radius 2 is 1.81 bits per heavy atom. The van der Waals surface area contributed by atoms with Gasteiger partial charge in [0.15, 0.2) is 11.0 Å². The minimum atomic E-state index is -4.75. The minimum Gasteiger partial charge on any atom is -0.406 e. The maximum Gasteiger partial charge on any atom is 0.573 e. The van der Waals surface area contributed by atoms with Crippen molar-refractivity contribution < 1.29 is 22.7 Å². The predicted octanol–water partition coefficient (Wildman–Crippen LogP) is 6.70. The Kier molecular flexibility index (Phi) is 7.40. The van der Waals surface area contributed by atoms with Crippen molar-refractivity contribution in [2.24, 2.45) is 4.99 Å². The second kappa shape index (κ2) is 11.2. The van der Waals surface area contributed by atoms with E-state index in [0.717, 1.165) is 48.4 Å². The maximum absolute atomic E-state index is 13.0. The number of amides is 2. The summed E-state index contributed by atoms with van der Waals surface area (Å²) >= 11 is 1.59. The van der Waals surface area contributed by atoms with Gasteiger partial charge in [-0.05, 0) is 60.7 Å². The van der Waals surface area contributed by atoms with E-state index in [0.29, 0.717) is 16.7 Å². The van der Waals surface area contributed by atoms with Crippen molar-refractivity contribution in [2.45, 2.75) is 38.1 Å². The highest BCUT2D eigenvalue weighted by molar-refractivity contribution is 8.14. The highest BCUT2D eigenvalue weighted by Crippen LogP contribution is 2.46. The number of hydrogen-bond acceptors (Lipinski definition) is 5. The number of para-hydroxylation sites is 1. The second-order valence-corrected chi connectivity index (χ2v) is 11.1. The zero-order chi connectivity index (χ0) is 29.3. The van der Waals surface area contributed by atoms with Gasteiger partial charge in [-0.1, -0.05) is 61.2 Å². The molecule has 6 rings (SSSR count). The molecule has 1 saturated carbocycles. The van der Waals surface area contributed by atoms with Gasteiger partial charge in [0.2, 0.25) is 0 Å². The lowest BCUT2D eigenvalue weighted by atomic mass is 10.0. The summed E-state index contributed by atoms with van der Waals surface area (Å²) in [6.07, 6.45) is -0.715. The number of benzene rings is 3. The first-order valence-electron chi connectivity index (χ1n) is 13.5. The number of halogens is 3. The number of aliphatic imine (C=N–C) groups is 1. The molecule has 12 heteroatoms. The second-order valence-electron chi connectivity index (χ2n) is 10.0. The molecular formula is C30H27F3N6O2S. The fourth-order valence-electron chi connectivity index (χ4n) is 4.98. The molecule has 1 saturated heterocycles. The van der Waals surface area contributed by atoms with E-state index >= 15 is 0 Å². The van der Waals surface area contributed by atoms with Gasteiger partial charge in [0.25, 0.3) is 0 Å². The summed E-state index contributed by atoms with van der Waals surface area (Å²) in [5.74, 6) is 1.03. The normalized spacial score (nSPS) is 17.0. The molecule has 0 unspecified atom stereocenters. The molecule has 42 heavy (non-hydrogen) atoms. The molecule has 2 fully saturated rings. The average molecular weight is 593 g/mol. The molecule has 0 bridgehead atoms. The summed E-state index contributed by atoms with van der Waals surface area (Å²) in [5, 5.41) is 8.30. The number of rotatable bonds is 7. The van der Waals surface area contributed by atoms with Crippen LogP contribution in [0.1, 0.15) is 30.9 Å². The Morgan fingerprint density at radius 1 is 1.07 bits per heavy atom. The lowest BCUT2D eigenvalue weighted by Crippen LogP contribution is -2.34. The van der Waals surface area contributed by atoms with Gasteiger partial charge >= 0.3 is 12.4 Å². The van der Waals surface area contributed by atoms with Crippen LogP contribution < -0.4 is 15.0 Å². The fraction of sp³-hybridized carbons (Fsp3) is 0.267. The quantitative estimate of drug-likeness (QED) is 0.257. The zero-order valence-corrected chi connectivity index (χ0v) is 23.5. The van der Waals surface area contributed by atoms with Crippen molar-refractivity contribution in [3.8, 4) is 22.8 Å². The number of ether oxygens (including phenoxy) is 1. The monoisotopic (exact) mass is 592 g/mol. The summed E-state index contributed by atoms with van der Waals surface area (Å²) in [7, 11) is 0. The van der Waals surface area contributed by atoms with E-state index in [1.807, 2.05) is 36.4 Å². The van der Waals surface area contributed by atoms with E-state index in [1.54, 1.807) is 11.8 Å². The molecule has 1 aliphatic heterocycles. The van der Waals surface area contributed by atoms with Crippen LogP contribution in [0.25, 0.3) is 17.1 Å². The van der Waals surface area contributed by atoms with Crippen LogP contribution in [0.2, 0.25) is 0 Å². The summed E-state index contributed by atoms with van der Waals surface area (Å²) in [6.45, 7) is 2.93. The SMILES string of the molecule is CCc1ccccc1N1CCSC1=NC(=O)NC1(c2ccc(-c3ncn(-c4ccc(OC(F)(F)F)cc4)n3)cc2)CC1. The number of nitrogens with zero attached hydrogens (tertiary/aromatic N) is 5. The molecule has 216 valence electrons. The van der Waals surface area contributed by atoms with Crippen molar-refractivity contribution in [3.63, 3.8) is 0 Å². The highest BCUT2D eigenvalue weighted by Gasteiger charge is 2.46. The smallest absolute Gasteiger partial charge is 0.406 e. The number of carbonyl (C=O) groups is 1. The van der Waals surface area contributed by atoms with E-state index in [-0.39, 0.29) is 11.8 Å². The first-order valence-corrected chi connectivity index (χ1v) is 14.5. The third-order valence-corrected chi connectivity index (χ3v) is 8.21. The summed E-state index contributed by atoms with van der Waals surface area (Å²) < 4.78 is 42.7. The number of nitrogens with one attached hydrogen (secondary N) is 1. The predicted molar refractivity (Wildman–Crippen MR) is 156 cm³/mol. The number of carbonyl (C=O) groups excluding carboxylic acids is 1. The molecule has 2 amide bonds. The average Bonchev–Trinajstić information content (AvgIpc) is 3.36. The summed E-state index contributed by atoms with van der Waals surface area (Å²) in [5.41, 5.74) is 4.15. The number of aromatic nitrogens is 3. The Labute approximate surface area is 244 Å². The number of alkyl halides is 3. The number of anilines is 1.